The minimum atomic E-state index is -0.190. The number of carbonyl (C=O) groups excluding carboxylic acids is 2. The zero-order valence-electron chi connectivity index (χ0n) is 20.1. The lowest BCUT2D eigenvalue weighted by Gasteiger charge is -2.32. The smallest absolute Gasteiger partial charge is 0.280 e. The van der Waals surface area contributed by atoms with Gasteiger partial charge in [-0.3, -0.25) is 14.5 Å². The van der Waals surface area contributed by atoms with Gasteiger partial charge in [0.15, 0.2) is 5.01 Å². The monoisotopic (exact) mass is 517 g/mol. The first-order valence-electron chi connectivity index (χ1n) is 12.0. The molecule has 3 aromatic rings. The lowest BCUT2D eigenvalue weighted by Crippen LogP contribution is -2.53. The highest BCUT2D eigenvalue weighted by atomic mass is 35.5. The number of benzene rings is 1. The molecule has 3 N–H and O–H groups in total. The van der Waals surface area contributed by atoms with Crippen LogP contribution in [0.5, 0.6) is 0 Å². The number of hydrogen-bond acceptors (Lipinski definition) is 6. The number of likely N-dealkylation sites (N-methyl/N-ethyl adjacent to an activating group) is 1. The van der Waals surface area contributed by atoms with Crippen LogP contribution in [0.15, 0.2) is 29.6 Å². The fraction of sp³-hybridized carbons (Fsp3) is 0.480. The summed E-state index contributed by atoms with van der Waals surface area (Å²) in [4.78, 5) is 35.7. The summed E-state index contributed by atoms with van der Waals surface area (Å²) in [5.41, 5.74) is 2.21. The highest BCUT2D eigenvalue weighted by Gasteiger charge is 2.29. The summed E-state index contributed by atoms with van der Waals surface area (Å²) >= 11 is 7.41. The van der Waals surface area contributed by atoms with Crippen molar-refractivity contribution in [3.05, 3.63) is 51.1 Å². The number of ether oxygens (including phenoxy) is 1. The minimum absolute atomic E-state index is 0.139. The molecule has 0 spiro atoms. The molecule has 0 bridgehead atoms. The Morgan fingerprint density at radius 1 is 1.20 bits per heavy atom. The Labute approximate surface area is 214 Å². The lowest BCUT2D eigenvalue weighted by atomic mass is 9.90. The van der Waals surface area contributed by atoms with Gasteiger partial charge in [0.25, 0.3) is 11.8 Å². The van der Waals surface area contributed by atoms with Crippen LogP contribution in [-0.2, 0) is 11.3 Å². The van der Waals surface area contributed by atoms with Crippen LogP contribution >= 0.6 is 22.9 Å². The first kappa shape index (κ1) is 25.6. The molecule has 8 nitrogen and oxygen atoms in total. The highest BCUT2D eigenvalue weighted by molar-refractivity contribution is 7.11. The fourth-order valence-corrected chi connectivity index (χ4v) is 5.27. The van der Waals surface area contributed by atoms with E-state index < -0.39 is 0 Å². The highest BCUT2D eigenvalue weighted by Crippen LogP contribution is 2.23. The lowest BCUT2D eigenvalue weighted by molar-refractivity contribution is 0.0860. The number of carbonyl (C=O) groups is 2. The van der Waals surface area contributed by atoms with Crippen molar-refractivity contribution in [3.8, 4) is 0 Å². The van der Waals surface area contributed by atoms with Crippen LogP contribution in [0.1, 0.15) is 58.6 Å². The molecule has 1 aliphatic rings. The molecule has 4 rings (SSSR count). The number of H-pyrrole nitrogens is 1. The Kier molecular flexibility index (Phi) is 8.78. The molecule has 2 atom stereocenters. The first-order valence-corrected chi connectivity index (χ1v) is 13.3. The molecule has 0 unspecified atom stereocenters. The van der Waals surface area contributed by atoms with Crippen molar-refractivity contribution in [2.75, 3.05) is 26.8 Å². The Morgan fingerprint density at radius 3 is 2.69 bits per heavy atom. The standard InChI is InChI=1S/C25H32ClN5O3S/c1-3-34-11-10-31(2)14-18-15-35-25(27-18)24(33)30-21-7-5-4-6-20(21)29-23(32)22-13-16-12-17(26)8-9-19(16)28-22/h8-9,12-13,15,20-21,28H,3-7,10-11,14H2,1-2H3,(H,29,32)(H,30,33)/t20-,21+/m0/s1. The second-order valence-electron chi connectivity index (χ2n) is 8.94. The maximum absolute atomic E-state index is 13.0. The van der Waals surface area contributed by atoms with Crippen molar-refractivity contribution in [2.45, 2.75) is 51.2 Å². The van der Waals surface area contributed by atoms with Gasteiger partial charge in [-0.2, -0.15) is 0 Å². The molecular formula is C25H32ClN5O3S. The number of nitrogens with zero attached hydrogens (tertiary/aromatic N) is 2. The number of rotatable bonds is 10. The van der Waals surface area contributed by atoms with Crippen LogP contribution in [0.4, 0.5) is 0 Å². The van der Waals surface area contributed by atoms with Gasteiger partial charge in [0, 0.05) is 53.1 Å². The second-order valence-corrected chi connectivity index (χ2v) is 10.2. The van der Waals surface area contributed by atoms with Crippen LogP contribution in [0.3, 0.4) is 0 Å². The SMILES string of the molecule is CCOCCN(C)Cc1csc(C(=O)N[C@@H]2CCCC[C@@H]2NC(=O)c2cc3cc(Cl)ccc3[nH]2)n1. The topological polar surface area (TPSA) is 99.4 Å². The van der Waals surface area contributed by atoms with Crippen molar-refractivity contribution in [1.29, 1.82) is 0 Å². The number of nitrogens with one attached hydrogen (secondary N) is 3. The number of aromatic nitrogens is 2. The summed E-state index contributed by atoms with van der Waals surface area (Å²) in [6.45, 7) is 4.82. The normalized spacial score (nSPS) is 18.2. The molecule has 0 saturated heterocycles. The van der Waals surface area contributed by atoms with Gasteiger partial charge in [-0.15, -0.1) is 11.3 Å². The Bertz CT molecular complexity index is 1160. The summed E-state index contributed by atoms with van der Waals surface area (Å²) < 4.78 is 5.39. The van der Waals surface area contributed by atoms with Crippen molar-refractivity contribution in [2.24, 2.45) is 0 Å². The van der Waals surface area contributed by atoms with E-state index in [1.165, 1.54) is 11.3 Å². The third kappa shape index (κ3) is 6.82. The predicted molar refractivity (Wildman–Crippen MR) is 139 cm³/mol. The zero-order valence-corrected chi connectivity index (χ0v) is 21.7. The van der Waals surface area contributed by atoms with Gasteiger partial charge in [0.2, 0.25) is 0 Å². The van der Waals surface area contributed by atoms with Crippen LogP contribution in [0, 0.1) is 0 Å². The van der Waals surface area contributed by atoms with E-state index in [1.54, 1.807) is 12.1 Å². The molecular weight excluding hydrogens is 486 g/mol. The van der Waals surface area contributed by atoms with E-state index in [1.807, 2.05) is 31.5 Å². The molecule has 1 aromatic carbocycles. The fourth-order valence-electron chi connectivity index (χ4n) is 4.38. The molecule has 1 aliphatic carbocycles. The number of aromatic amines is 1. The van der Waals surface area contributed by atoms with Crippen molar-refractivity contribution >= 4 is 45.7 Å². The molecule has 10 heteroatoms. The summed E-state index contributed by atoms with van der Waals surface area (Å²) in [7, 11) is 2.01. The largest absolute Gasteiger partial charge is 0.380 e. The van der Waals surface area contributed by atoms with Gasteiger partial charge in [-0.25, -0.2) is 4.98 Å². The second kappa shape index (κ2) is 12.0. The number of halogens is 1. The van der Waals surface area contributed by atoms with Gasteiger partial charge in [-0.05, 0) is 51.1 Å². The number of thiazole rings is 1. The molecule has 1 fully saturated rings. The molecule has 188 valence electrons. The summed E-state index contributed by atoms with van der Waals surface area (Å²) in [5, 5.41) is 10.1. The number of hydrogen-bond donors (Lipinski definition) is 3. The summed E-state index contributed by atoms with van der Waals surface area (Å²) in [6, 6.07) is 7.00. The number of amides is 2. The summed E-state index contributed by atoms with van der Waals surface area (Å²) in [6.07, 6.45) is 3.65. The quantitative estimate of drug-likeness (QED) is 0.350. The van der Waals surface area contributed by atoms with Crippen molar-refractivity contribution in [3.63, 3.8) is 0 Å². The molecule has 0 radical (unpaired) electrons. The van der Waals surface area contributed by atoms with Crippen LogP contribution < -0.4 is 10.6 Å². The average molecular weight is 518 g/mol. The van der Waals surface area contributed by atoms with Crippen LogP contribution in [0.25, 0.3) is 10.9 Å². The van der Waals surface area contributed by atoms with Crippen LogP contribution in [-0.4, -0.2) is 65.6 Å². The predicted octanol–water partition coefficient (Wildman–Crippen LogP) is 4.22. The Morgan fingerprint density at radius 2 is 1.94 bits per heavy atom. The van der Waals surface area contributed by atoms with Gasteiger partial charge in [0.05, 0.1) is 12.3 Å². The van der Waals surface area contributed by atoms with E-state index in [9.17, 15) is 9.59 Å². The molecule has 1 saturated carbocycles. The molecule has 2 amide bonds. The summed E-state index contributed by atoms with van der Waals surface area (Å²) in [5.74, 6) is -0.375. The van der Waals surface area contributed by atoms with Crippen LogP contribution in [0.2, 0.25) is 5.02 Å². The van der Waals surface area contributed by atoms with E-state index in [0.717, 1.165) is 48.8 Å². The van der Waals surface area contributed by atoms with Crippen molar-refractivity contribution in [1.82, 2.24) is 25.5 Å². The van der Waals surface area contributed by atoms with E-state index in [-0.39, 0.29) is 23.9 Å². The third-order valence-electron chi connectivity index (χ3n) is 6.23. The zero-order chi connectivity index (χ0) is 24.8. The Balaban J connectivity index is 1.35. The van der Waals surface area contributed by atoms with Gasteiger partial charge >= 0.3 is 0 Å². The van der Waals surface area contributed by atoms with Gasteiger partial charge < -0.3 is 20.4 Å². The molecule has 35 heavy (non-hydrogen) atoms. The molecule has 0 aliphatic heterocycles. The van der Waals surface area contributed by atoms with E-state index in [0.29, 0.717) is 35.5 Å². The van der Waals surface area contributed by atoms with Gasteiger partial charge in [-0.1, -0.05) is 24.4 Å². The first-order chi connectivity index (χ1) is 16.9. The molecule has 2 aromatic heterocycles. The van der Waals surface area contributed by atoms with E-state index in [2.05, 4.69) is 25.5 Å². The maximum atomic E-state index is 13.0. The average Bonchev–Trinajstić information content (AvgIpc) is 3.47. The van der Waals surface area contributed by atoms with Crippen molar-refractivity contribution < 1.29 is 14.3 Å². The number of fused-ring (bicyclic) bond motifs is 1. The Hall–Kier alpha value is -2.46. The van der Waals surface area contributed by atoms with E-state index >= 15 is 0 Å². The minimum Gasteiger partial charge on any atom is -0.380 e. The third-order valence-corrected chi connectivity index (χ3v) is 7.35. The maximum Gasteiger partial charge on any atom is 0.280 e. The molecule has 2 heterocycles. The van der Waals surface area contributed by atoms with E-state index in [4.69, 9.17) is 16.3 Å². The van der Waals surface area contributed by atoms with Gasteiger partial charge in [0.1, 0.15) is 5.69 Å².